The lowest BCUT2D eigenvalue weighted by molar-refractivity contribution is -0.122. The summed E-state index contributed by atoms with van der Waals surface area (Å²) in [6.45, 7) is 3.41. The first-order valence-electron chi connectivity index (χ1n) is 7.29. The molecule has 0 saturated heterocycles. The molecule has 6 heteroatoms. The first-order valence-corrected chi connectivity index (χ1v) is 8.68. The lowest BCUT2D eigenvalue weighted by Gasteiger charge is -2.28. The molecule has 1 saturated carbocycles. The van der Waals surface area contributed by atoms with Crippen LogP contribution in [0.1, 0.15) is 39.0 Å². The van der Waals surface area contributed by atoms with Gasteiger partial charge in [0.1, 0.15) is 0 Å². The van der Waals surface area contributed by atoms with Crippen molar-refractivity contribution >= 4 is 30.1 Å². The molecule has 0 bridgehead atoms. The molecule has 0 aromatic rings. The quantitative estimate of drug-likeness (QED) is 0.672. The van der Waals surface area contributed by atoms with Crippen molar-refractivity contribution in [3.63, 3.8) is 0 Å². The Bertz CT molecular complexity index is 270. The Labute approximate surface area is 133 Å². The molecule has 0 aliphatic heterocycles. The average molecular weight is 325 g/mol. The van der Waals surface area contributed by atoms with Crippen molar-refractivity contribution in [3.8, 4) is 0 Å². The van der Waals surface area contributed by atoms with Gasteiger partial charge in [0.25, 0.3) is 0 Å². The molecule has 1 rings (SSSR count). The highest BCUT2D eigenvalue weighted by Crippen LogP contribution is 2.25. The van der Waals surface area contributed by atoms with Gasteiger partial charge in [-0.3, -0.25) is 4.79 Å². The highest BCUT2D eigenvalue weighted by molar-refractivity contribution is 7.98. The number of carbonyl (C=O) groups is 1. The molecular weight excluding hydrogens is 296 g/mol. The Hall–Kier alpha value is 0.0300. The van der Waals surface area contributed by atoms with Gasteiger partial charge in [-0.05, 0) is 37.2 Å². The second kappa shape index (κ2) is 11.7. The zero-order valence-electron chi connectivity index (χ0n) is 12.6. The largest absolute Gasteiger partial charge is 0.376 e. The van der Waals surface area contributed by atoms with E-state index >= 15 is 0 Å². The van der Waals surface area contributed by atoms with E-state index in [1.807, 2.05) is 6.26 Å². The summed E-state index contributed by atoms with van der Waals surface area (Å²) in [6.07, 6.45) is 8.12. The van der Waals surface area contributed by atoms with Crippen molar-refractivity contribution in [1.82, 2.24) is 5.32 Å². The van der Waals surface area contributed by atoms with Crippen LogP contribution in [0.15, 0.2) is 0 Å². The second-order valence-corrected chi connectivity index (χ2v) is 6.34. The van der Waals surface area contributed by atoms with Crippen LogP contribution < -0.4 is 11.1 Å². The van der Waals surface area contributed by atoms with Crippen molar-refractivity contribution in [2.45, 2.75) is 51.2 Å². The number of nitrogens with two attached hydrogens (primary N) is 1. The van der Waals surface area contributed by atoms with Gasteiger partial charge in [-0.1, -0.05) is 19.8 Å². The zero-order chi connectivity index (χ0) is 14.1. The summed E-state index contributed by atoms with van der Waals surface area (Å²) >= 11 is 1.71. The molecule has 3 N–H and O–H groups in total. The van der Waals surface area contributed by atoms with E-state index in [0.717, 1.165) is 18.6 Å². The molecule has 0 radical (unpaired) electrons. The van der Waals surface area contributed by atoms with E-state index in [1.165, 1.54) is 19.3 Å². The van der Waals surface area contributed by atoms with Crippen LogP contribution in [0.5, 0.6) is 0 Å². The fraction of sp³-hybridized carbons (Fsp3) is 0.929. The standard InChI is InChI=1S/C14H28N2O2S.ClH/c1-11-5-3-4-6-13(11)18-9-8-16-14(17)12(15)7-10-19-2;/h11-13H,3-10,15H2,1-2H3,(H,16,17);1H. The molecule has 0 spiro atoms. The zero-order valence-corrected chi connectivity index (χ0v) is 14.2. The third kappa shape index (κ3) is 7.72. The summed E-state index contributed by atoms with van der Waals surface area (Å²) in [6, 6.07) is -0.388. The molecule has 0 aromatic carbocycles. The molecule has 1 aliphatic rings. The molecule has 0 aromatic heterocycles. The van der Waals surface area contributed by atoms with E-state index in [1.54, 1.807) is 11.8 Å². The number of hydrogen-bond acceptors (Lipinski definition) is 4. The molecule has 0 heterocycles. The van der Waals surface area contributed by atoms with Crippen molar-refractivity contribution in [1.29, 1.82) is 0 Å². The fourth-order valence-electron chi connectivity index (χ4n) is 2.42. The molecule has 1 fully saturated rings. The number of halogens is 1. The van der Waals surface area contributed by atoms with Gasteiger partial charge < -0.3 is 15.8 Å². The molecule has 120 valence electrons. The fourth-order valence-corrected chi connectivity index (χ4v) is 2.91. The van der Waals surface area contributed by atoms with Gasteiger partial charge >= 0.3 is 0 Å². The second-order valence-electron chi connectivity index (χ2n) is 5.35. The van der Waals surface area contributed by atoms with E-state index in [2.05, 4.69) is 12.2 Å². The number of hydrogen-bond donors (Lipinski definition) is 2. The summed E-state index contributed by atoms with van der Waals surface area (Å²) < 4.78 is 5.85. The van der Waals surface area contributed by atoms with Crippen LogP contribution in [0.2, 0.25) is 0 Å². The maximum Gasteiger partial charge on any atom is 0.237 e. The minimum absolute atomic E-state index is 0. The summed E-state index contributed by atoms with van der Waals surface area (Å²) in [7, 11) is 0. The lowest BCUT2D eigenvalue weighted by Crippen LogP contribution is -2.42. The number of nitrogens with one attached hydrogen (secondary N) is 1. The number of amides is 1. The minimum Gasteiger partial charge on any atom is -0.376 e. The summed E-state index contributed by atoms with van der Waals surface area (Å²) in [5.74, 6) is 1.51. The molecule has 3 atom stereocenters. The van der Waals surface area contributed by atoms with Crippen LogP contribution in [0.25, 0.3) is 0 Å². The monoisotopic (exact) mass is 324 g/mol. The first-order chi connectivity index (χ1) is 9.15. The highest BCUT2D eigenvalue weighted by atomic mass is 35.5. The number of ether oxygens (including phenoxy) is 1. The third-order valence-corrected chi connectivity index (χ3v) is 4.38. The predicted octanol–water partition coefficient (Wildman–Crippen LogP) is 2.20. The van der Waals surface area contributed by atoms with E-state index in [4.69, 9.17) is 10.5 Å². The normalized spacial score (nSPS) is 23.8. The Kier molecular flexibility index (Phi) is 11.7. The van der Waals surface area contributed by atoms with Crippen molar-refractivity contribution < 1.29 is 9.53 Å². The van der Waals surface area contributed by atoms with E-state index in [0.29, 0.717) is 25.2 Å². The van der Waals surface area contributed by atoms with Gasteiger partial charge in [-0.2, -0.15) is 11.8 Å². The Balaban J connectivity index is 0.00000361. The van der Waals surface area contributed by atoms with Crippen LogP contribution >= 0.6 is 24.2 Å². The number of rotatable bonds is 8. The molecule has 1 amide bonds. The molecule has 4 nitrogen and oxygen atoms in total. The van der Waals surface area contributed by atoms with E-state index < -0.39 is 0 Å². The number of thioether (sulfide) groups is 1. The summed E-state index contributed by atoms with van der Waals surface area (Å²) in [4.78, 5) is 11.7. The van der Waals surface area contributed by atoms with Gasteiger partial charge in [-0.15, -0.1) is 12.4 Å². The summed E-state index contributed by atoms with van der Waals surface area (Å²) in [5, 5.41) is 2.85. The molecular formula is C14H29ClN2O2S. The smallest absolute Gasteiger partial charge is 0.237 e. The van der Waals surface area contributed by atoms with E-state index in [-0.39, 0.29) is 24.4 Å². The van der Waals surface area contributed by atoms with Crippen molar-refractivity contribution in [2.75, 3.05) is 25.2 Å². The first kappa shape index (κ1) is 20.0. The van der Waals surface area contributed by atoms with Crippen molar-refractivity contribution in [3.05, 3.63) is 0 Å². The topological polar surface area (TPSA) is 64.4 Å². The highest BCUT2D eigenvalue weighted by Gasteiger charge is 2.21. The van der Waals surface area contributed by atoms with Crippen LogP contribution in [-0.4, -0.2) is 43.2 Å². The third-order valence-electron chi connectivity index (χ3n) is 3.74. The minimum atomic E-state index is -0.388. The van der Waals surface area contributed by atoms with Crippen LogP contribution in [0.3, 0.4) is 0 Å². The lowest BCUT2D eigenvalue weighted by atomic mass is 9.88. The molecule has 20 heavy (non-hydrogen) atoms. The molecule has 3 unspecified atom stereocenters. The van der Waals surface area contributed by atoms with Gasteiger partial charge in [0.15, 0.2) is 0 Å². The van der Waals surface area contributed by atoms with Gasteiger partial charge in [0.2, 0.25) is 5.91 Å². The van der Waals surface area contributed by atoms with Gasteiger partial charge in [-0.25, -0.2) is 0 Å². The maximum absolute atomic E-state index is 11.7. The Morgan fingerprint density at radius 1 is 1.45 bits per heavy atom. The average Bonchev–Trinajstić information content (AvgIpc) is 2.42. The van der Waals surface area contributed by atoms with E-state index in [9.17, 15) is 4.79 Å². The molecule has 1 aliphatic carbocycles. The Morgan fingerprint density at radius 3 is 2.80 bits per heavy atom. The van der Waals surface area contributed by atoms with Gasteiger partial charge in [0, 0.05) is 6.54 Å². The SMILES string of the molecule is CSCCC(N)C(=O)NCCOC1CCCCC1C.Cl. The van der Waals surface area contributed by atoms with Crippen LogP contribution in [0, 0.1) is 5.92 Å². The van der Waals surface area contributed by atoms with Crippen LogP contribution in [-0.2, 0) is 9.53 Å². The number of carbonyl (C=O) groups excluding carboxylic acids is 1. The summed E-state index contributed by atoms with van der Waals surface area (Å²) in [5.41, 5.74) is 5.78. The van der Waals surface area contributed by atoms with Gasteiger partial charge in [0.05, 0.1) is 18.8 Å². The van der Waals surface area contributed by atoms with Crippen LogP contribution in [0.4, 0.5) is 0 Å². The van der Waals surface area contributed by atoms with Crippen molar-refractivity contribution in [2.24, 2.45) is 11.7 Å². The predicted molar refractivity (Wildman–Crippen MR) is 88.6 cm³/mol. The maximum atomic E-state index is 11.7. The Morgan fingerprint density at radius 2 is 2.15 bits per heavy atom.